The quantitative estimate of drug-likeness (QED) is 0.577. The second-order valence-corrected chi connectivity index (χ2v) is 8.93. The van der Waals surface area contributed by atoms with Crippen LogP contribution in [-0.2, 0) is 10.0 Å². The Bertz CT molecular complexity index is 1190. The van der Waals surface area contributed by atoms with Crippen LogP contribution in [0, 0.1) is 20.8 Å². The van der Waals surface area contributed by atoms with Crippen molar-refractivity contribution in [2.75, 3.05) is 10.0 Å². The summed E-state index contributed by atoms with van der Waals surface area (Å²) in [5.74, 6) is -0.420. The molecule has 0 spiro atoms. The minimum absolute atomic E-state index is 0.0496. The van der Waals surface area contributed by atoms with E-state index in [0.717, 1.165) is 11.1 Å². The van der Waals surface area contributed by atoms with Crippen molar-refractivity contribution >= 4 is 38.9 Å². The first-order valence-corrected chi connectivity index (χ1v) is 10.8. The number of carbonyl (C=O) groups is 1. The minimum Gasteiger partial charge on any atom is -0.322 e. The first kappa shape index (κ1) is 20.9. The van der Waals surface area contributed by atoms with Gasteiger partial charge in [0.05, 0.1) is 4.90 Å². The lowest BCUT2D eigenvalue weighted by atomic mass is 10.1. The molecule has 29 heavy (non-hydrogen) atoms. The fraction of sp³-hybridized carbons (Fsp3) is 0.136. The monoisotopic (exact) mass is 428 g/mol. The van der Waals surface area contributed by atoms with Crippen LogP contribution in [0.3, 0.4) is 0 Å². The van der Waals surface area contributed by atoms with Crippen LogP contribution < -0.4 is 10.0 Å². The Morgan fingerprint density at radius 3 is 2.28 bits per heavy atom. The topological polar surface area (TPSA) is 75.3 Å². The zero-order chi connectivity index (χ0) is 21.2. The van der Waals surface area contributed by atoms with Crippen LogP contribution in [0.25, 0.3) is 0 Å². The molecule has 0 saturated carbocycles. The third-order valence-electron chi connectivity index (χ3n) is 4.44. The van der Waals surface area contributed by atoms with Crippen LogP contribution in [-0.4, -0.2) is 14.3 Å². The van der Waals surface area contributed by atoms with Gasteiger partial charge in [0, 0.05) is 22.0 Å². The molecule has 0 unspecified atom stereocenters. The number of anilines is 2. The van der Waals surface area contributed by atoms with Gasteiger partial charge in [-0.05, 0) is 73.9 Å². The number of amides is 1. The largest absolute Gasteiger partial charge is 0.322 e. The van der Waals surface area contributed by atoms with Gasteiger partial charge in [-0.1, -0.05) is 35.9 Å². The van der Waals surface area contributed by atoms with Gasteiger partial charge in [-0.3, -0.25) is 9.52 Å². The van der Waals surface area contributed by atoms with Gasteiger partial charge >= 0.3 is 0 Å². The Hall–Kier alpha value is -2.83. The molecule has 0 aliphatic rings. The van der Waals surface area contributed by atoms with E-state index < -0.39 is 15.9 Å². The van der Waals surface area contributed by atoms with Gasteiger partial charge in [0.25, 0.3) is 15.9 Å². The summed E-state index contributed by atoms with van der Waals surface area (Å²) in [4.78, 5) is 12.7. The van der Waals surface area contributed by atoms with E-state index in [9.17, 15) is 13.2 Å². The van der Waals surface area contributed by atoms with E-state index in [-0.39, 0.29) is 10.5 Å². The molecule has 3 aromatic rings. The highest BCUT2D eigenvalue weighted by Gasteiger charge is 2.19. The minimum atomic E-state index is -3.85. The molecule has 0 fully saturated rings. The lowest BCUT2D eigenvalue weighted by Gasteiger charge is -2.13. The van der Waals surface area contributed by atoms with Crippen LogP contribution in [0.4, 0.5) is 11.4 Å². The summed E-state index contributed by atoms with van der Waals surface area (Å²) >= 11 is 6.10. The summed E-state index contributed by atoms with van der Waals surface area (Å²) in [7, 11) is -3.85. The summed E-state index contributed by atoms with van der Waals surface area (Å²) in [5.41, 5.74) is 3.61. The highest BCUT2D eigenvalue weighted by atomic mass is 35.5. The third kappa shape index (κ3) is 4.96. The van der Waals surface area contributed by atoms with Crippen molar-refractivity contribution in [3.63, 3.8) is 0 Å². The number of nitrogens with one attached hydrogen (secondary N) is 2. The summed E-state index contributed by atoms with van der Waals surface area (Å²) in [5, 5.41) is 3.28. The predicted molar refractivity (Wildman–Crippen MR) is 117 cm³/mol. The average Bonchev–Trinajstić information content (AvgIpc) is 2.64. The van der Waals surface area contributed by atoms with Gasteiger partial charge in [0.2, 0.25) is 0 Å². The van der Waals surface area contributed by atoms with Crippen molar-refractivity contribution < 1.29 is 13.2 Å². The summed E-state index contributed by atoms with van der Waals surface area (Å²) < 4.78 is 28.3. The van der Waals surface area contributed by atoms with Gasteiger partial charge < -0.3 is 5.32 Å². The van der Waals surface area contributed by atoms with E-state index in [4.69, 9.17) is 11.6 Å². The Balaban J connectivity index is 1.88. The van der Waals surface area contributed by atoms with Crippen LogP contribution in [0.15, 0.2) is 65.6 Å². The number of sulfonamides is 1. The normalized spacial score (nSPS) is 11.2. The molecular formula is C22H21ClN2O3S. The fourth-order valence-corrected chi connectivity index (χ4v) is 4.33. The van der Waals surface area contributed by atoms with Crippen LogP contribution >= 0.6 is 11.6 Å². The fourth-order valence-electron chi connectivity index (χ4n) is 2.82. The number of rotatable bonds is 5. The number of benzene rings is 3. The maximum Gasteiger partial charge on any atom is 0.262 e. The Morgan fingerprint density at radius 1 is 0.862 bits per heavy atom. The summed E-state index contributed by atoms with van der Waals surface area (Å²) in [6, 6.07) is 16.8. The predicted octanol–water partition coefficient (Wildman–Crippen LogP) is 5.32. The zero-order valence-electron chi connectivity index (χ0n) is 16.3. The molecule has 1 amide bonds. The van der Waals surface area contributed by atoms with E-state index in [1.54, 1.807) is 55.5 Å². The molecule has 0 aliphatic carbocycles. The maximum atomic E-state index is 12.9. The zero-order valence-corrected chi connectivity index (χ0v) is 17.9. The smallest absolute Gasteiger partial charge is 0.262 e. The molecule has 0 heterocycles. The molecule has 0 atom stereocenters. The second-order valence-electron chi connectivity index (χ2n) is 6.87. The van der Waals surface area contributed by atoms with E-state index >= 15 is 0 Å². The van der Waals surface area contributed by atoms with E-state index in [2.05, 4.69) is 10.0 Å². The van der Waals surface area contributed by atoms with Crippen LogP contribution in [0.5, 0.6) is 0 Å². The standard InChI is InChI=1S/C22H21ClN2O3S/c1-14-5-4-6-19(11-14)25-29(27,28)21-12-17(9-7-16(21)3)22(26)24-18-10-8-15(2)20(23)13-18/h4-13,25H,1-3H3,(H,24,26). The Labute approximate surface area is 175 Å². The SMILES string of the molecule is Cc1cccc(NS(=O)(=O)c2cc(C(=O)Nc3ccc(C)c(Cl)c3)ccc2C)c1. The Kier molecular flexibility index (Phi) is 5.96. The molecule has 0 aromatic heterocycles. The molecule has 0 saturated heterocycles. The molecule has 0 radical (unpaired) electrons. The van der Waals surface area contributed by atoms with Gasteiger partial charge in [0.15, 0.2) is 0 Å². The highest BCUT2D eigenvalue weighted by Crippen LogP contribution is 2.23. The number of hydrogen-bond donors (Lipinski definition) is 2. The highest BCUT2D eigenvalue weighted by molar-refractivity contribution is 7.92. The van der Waals surface area contributed by atoms with Crippen LogP contribution in [0.2, 0.25) is 5.02 Å². The van der Waals surface area contributed by atoms with Crippen molar-refractivity contribution in [1.82, 2.24) is 0 Å². The maximum absolute atomic E-state index is 12.9. The molecule has 2 N–H and O–H groups in total. The molecular weight excluding hydrogens is 408 g/mol. The lowest BCUT2D eigenvalue weighted by molar-refractivity contribution is 0.102. The van der Waals surface area contributed by atoms with E-state index in [1.165, 1.54) is 6.07 Å². The second kappa shape index (κ2) is 8.27. The van der Waals surface area contributed by atoms with Gasteiger partial charge in [-0.15, -0.1) is 0 Å². The van der Waals surface area contributed by atoms with Crippen molar-refractivity contribution in [3.05, 3.63) is 87.9 Å². The molecule has 0 aliphatic heterocycles. The van der Waals surface area contributed by atoms with E-state index in [1.807, 2.05) is 19.9 Å². The molecule has 150 valence electrons. The molecule has 5 nitrogen and oxygen atoms in total. The lowest BCUT2D eigenvalue weighted by Crippen LogP contribution is -2.17. The number of hydrogen-bond acceptors (Lipinski definition) is 3. The Morgan fingerprint density at radius 2 is 1.59 bits per heavy atom. The average molecular weight is 429 g/mol. The first-order valence-electron chi connectivity index (χ1n) is 8.93. The molecule has 0 bridgehead atoms. The van der Waals surface area contributed by atoms with Gasteiger partial charge in [0.1, 0.15) is 0 Å². The number of halogens is 1. The van der Waals surface area contributed by atoms with Gasteiger partial charge in [-0.25, -0.2) is 8.42 Å². The van der Waals surface area contributed by atoms with Gasteiger partial charge in [-0.2, -0.15) is 0 Å². The summed E-state index contributed by atoms with van der Waals surface area (Å²) in [6.07, 6.45) is 0. The molecule has 7 heteroatoms. The van der Waals surface area contributed by atoms with Crippen LogP contribution in [0.1, 0.15) is 27.0 Å². The number of aryl methyl sites for hydroxylation is 3. The third-order valence-corrected chi connectivity index (χ3v) is 6.37. The van der Waals surface area contributed by atoms with Crippen molar-refractivity contribution in [2.45, 2.75) is 25.7 Å². The van der Waals surface area contributed by atoms with Crippen molar-refractivity contribution in [3.8, 4) is 0 Å². The molecule has 3 rings (SSSR count). The van der Waals surface area contributed by atoms with Crippen molar-refractivity contribution in [2.24, 2.45) is 0 Å². The number of carbonyl (C=O) groups excluding carboxylic acids is 1. The van der Waals surface area contributed by atoms with Crippen molar-refractivity contribution in [1.29, 1.82) is 0 Å². The summed E-state index contributed by atoms with van der Waals surface area (Å²) in [6.45, 7) is 5.43. The first-order chi connectivity index (χ1) is 13.7. The van der Waals surface area contributed by atoms with E-state index in [0.29, 0.717) is 22.0 Å². The molecule has 3 aromatic carbocycles.